The Bertz CT molecular complexity index is 1160. The summed E-state index contributed by atoms with van der Waals surface area (Å²) < 4.78 is 40.4. The van der Waals surface area contributed by atoms with Crippen molar-refractivity contribution in [2.24, 2.45) is 0 Å². The van der Waals surface area contributed by atoms with Gasteiger partial charge in [-0.1, -0.05) is 53.2 Å². The zero-order valence-corrected chi connectivity index (χ0v) is 16.9. The van der Waals surface area contributed by atoms with Gasteiger partial charge in [0.2, 0.25) is 0 Å². The van der Waals surface area contributed by atoms with Crippen LogP contribution < -0.4 is 0 Å². The van der Waals surface area contributed by atoms with Crippen LogP contribution in [0, 0.1) is 0 Å². The van der Waals surface area contributed by atoms with Crippen LogP contribution in [-0.2, 0) is 11.9 Å². The Morgan fingerprint density at radius 3 is 2.64 bits per heavy atom. The van der Waals surface area contributed by atoms with Crippen LogP contribution in [0.25, 0.3) is 16.2 Å². The number of alkyl halides is 3. The van der Waals surface area contributed by atoms with Crippen molar-refractivity contribution in [1.82, 2.24) is 19.6 Å². The zero-order valence-electron chi connectivity index (χ0n) is 13.7. The number of hydrogen-bond acceptors (Lipinski definition) is 5. The maximum absolute atomic E-state index is 13.0. The average Bonchev–Trinajstić information content (AvgIpc) is 3.26. The Morgan fingerprint density at radius 2 is 1.89 bits per heavy atom. The Hall–Kier alpha value is -1.81. The highest BCUT2D eigenvalue weighted by Crippen LogP contribution is 2.35. The summed E-state index contributed by atoms with van der Waals surface area (Å²) in [5, 5.41) is 11.3. The molecule has 4 nitrogen and oxygen atoms in total. The lowest BCUT2D eigenvalue weighted by molar-refractivity contribution is -0.137. The maximum atomic E-state index is 13.0. The number of benzene rings is 1. The van der Waals surface area contributed by atoms with Crippen LogP contribution in [0.1, 0.15) is 11.3 Å². The van der Waals surface area contributed by atoms with Crippen LogP contribution in [0.4, 0.5) is 13.2 Å². The molecule has 0 spiro atoms. The van der Waals surface area contributed by atoms with E-state index in [1.54, 1.807) is 6.07 Å². The lowest BCUT2D eigenvalue weighted by atomic mass is 10.2. The minimum absolute atomic E-state index is 0.108. The van der Waals surface area contributed by atoms with Gasteiger partial charge >= 0.3 is 6.18 Å². The van der Waals surface area contributed by atoms with Crippen LogP contribution in [0.2, 0.25) is 10.0 Å². The van der Waals surface area contributed by atoms with Crippen LogP contribution in [0.15, 0.2) is 47.1 Å². The van der Waals surface area contributed by atoms with Crippen molar-refractivity contribution in [3.63, 3.8) is 0 Å². The van der Waals surface area contributed by atoms with Gasteiger partial charge < -0.3 is 0 Å². The number of fused-ring (bicyclic) bond motifs is 1. The first kappa shape index (κ1) is 19.5. The van der Waals surface area contributed by atoms with Gasteiger partial charge in [0.25, 0.3) is 0 Å². The largest absolute Gasteiger partial charge is 0.417 e. The monoisotopic (exact) mass is 460 g/mol. The minimum Gasteiger partial charge on any atom is -0.276 e. The summed E-state index contributed by atoms with van der Waals surface area (Å²) in [7, 11) is 0. The van der Waals surface area contributed by atoms with E-state index in [4.69, 9.17) is 23.2 Å². The van der Waals surface area contributed by atoms with Crippen molar-refractivity contribution < 1.29 is 13.2 Å². The molecule has 0 radical (unpaired) electrons. The van der Waals surface area contributed by atoms with E-state index in [0.29, 0.717) is 15.9 Å². The summed E-state index contributed by atoms with van der Waals surface area (Å²) in [5.41, 5.74) is 0.910. The van der Waals surface area contributed by atoms with Crippen LogP contribution >= 0.6 is 46.3 Å². The molecule has 3 aromatic heterocycles. The molecule has 0 fully saturated rings. The highest BCUT2D eigenvalue weighted by molar-refractivity contribution is 7.98. The summed E-state index contributed by atoms with van der Waals surface area (Å²) >= 11 is 14.8. The lowest BCUT2D eigenvalue weighted by Crippen LogP contribution is -2.07. The van der Waals surface area contributed by atoms with Gasteiger partial charge in [-0.15, -0.1) is 21.5 Å². The second-order valence-electron chi connectivity index (χ2n) is 5.66. The van der Waals surface area contributed by atoms with Gasteiger partial charge in [0.15, 0.2) is 10.8 Å². The Labute approximate surface area is 175 Å². The van der Waals surface area contributed by atoms with Crippen molar-refractivity contribution >= 4 is 51.9 Å². The SMILES string of the molecule is FC(F)(F)c1cc(Cl)c2nnc(SCc3csc(-c4ccccc4Cl)n3)n2c1. The Balaban J connectivity index is 1.58. The van der Waals surface area contributed by atoms with E-state index in [2.05, 4.69) is 15.2 Å². The number of rotatable bonds is 4. The van der Waals surface area contributed by atoms with E-state index in [1.165, 1.54) is 27.5 Å². The molecule has 0 N–H and O–H groups in total. The van der Waals surface area contributed by atoms with Gasteiger partial charge in [-0.2, -0.15) is 13.2 Å². The molecule has 0 aliphatic heterocycles. The fourth-order valence-electron chi connectivity index (χ4n) is 2.46. The molecule has 0 saturated heterocycles. The van der Waals surface area contributed by atoms with E-state index in [9.17, 15) is 13.2 Å². The molecule has 0 amide bonds. The molecule has 3 heterocycles. The number of nitrogens with zero attached hydrogens (tertiary/aromatic N) is 4. The van der Waals surface area contributed by atoms with Crippen molar-refractivity contribution in [2.75, 3.05) is 0 Å². The molecule has 28 heavy (non-hydrogen) atoms. The number of aromatic nitrogens is 4. The molecular weight excluding hydrogens is 452 g/mol. The van der Waals surface area contributed by atoms with Crippen molar-refractivity contribution in [2.45, 2.75) is 17.1 Å². The van der Waals surface area contributed by atoms with Crippen molar-refractivity contribution in [1.29, 1.82) is 0 Å². The smallest absolute Gasteiger partial charge is 0.276 e. The van der Waals surface area contributed by atoms with Crippen molar-refractivity contribution in [3.8, 4) is 10.6 Å². The van der Waals surface area contributed by atoms with E-state index in [0.717, 1.165) is 28.5 Å². The van der Waals surface area contributed by atoms with Crippen LogP contribution in [0.5, 0.6) is 0 Å². The molecule has 0 aliphatic carbocycles. The molecule has 4 aromatic rings. The van der Waals surface area contributed by atoms with Gasteiger partial charge in [-0.05, 0) is 12.1 Å². The quantitative estimate of drug-likeness (QED) is 0.327. The predicted octanol–water partition coefficient (Wildman–Crippen LogP) is 6.47. The lowest BCUT2D eigenvalue weighted by Gasteiger charge is -2.08. The maximum Gasteiger partial charge on any atom is 0.417 e. The molecule has 11 heteroatoms. The zero-order chi connectivity index (χ0) is 19.9. The van der Waals surface area contributed by atoms with E-state index < -0.39 is 11.7 Å². The van der Waals surface area contributed by atoms with Crippen LogP contribution in [0.3, 0.4) is 0 Å². The highest BCUT2D eigenvalue weighted by atomic mass is 35.5. The van der Waals surface area contributed by atoms with Gasteiger partial charge in [0.1, 0.15) is 5.01 Å². The third-order valence-corrected chi connectivity index (χ3v) is 6.27. The van der Waals surface area contributed by atoms with Crippen LogP contribution in [-0.4, -0.2) is 19.6 Å². The molecule has 1 aromatic carbocycles. The minimum atomic E-state index is -4.51. The van der Waals surface area contributed by atoms with Gasteiger partial charge in [-0.3, -0.25) is 4.40 Å². The number of thioether (sulfide) groups is 1. The summed E-state index contributed by atoms with van der Waals surface area (Å²) in [6, 6.07) is 8.23. The Morgan fingerprint density at radius 1 is 1.11 bits per heavy atom. The van der Waals surface area contributed by atoms with E-state index >= 15 is 0 Å². The molecule has 0 bridgehead atoms. The fraction of sp³-hybridized carbons (Fsp3) is 0.118. The van der Waals surface area contributed by atoms with Gasteiger partial charge in [0, 0.05) is 22.9 Å². The number of thiazole rings is 1. The molecule has 0 saturated carbocycles. The molecule has 4 rings (SSSR count). The summed E-state index contributed by atoms with van der Waals surface area (Å²) in [5.74, 6) is 0.412. The number of halogens is 5. The average molecular weight is 461 g/mol. The first-order chi connectivity index (χ1) is 13.3. The molecule has 0 aliphatic rings. The second-order valence-corrected chi connectivity index (χ2v) is 8.28. The third-order valence-electron chi connectivity index (χ3n) is 3.76. The van der Waals surface area contributed by atoms with Crippen molar-refractivity contribution in [3.05, 3.63) is 63.2 Å². The fourth-order valence-corrected chi connectivity index (χ4v) is 4.75. The van der Waals surface area contributed by atoms with E-state index in [1.807, 2.05) is 23.6 Å². The predicted molar refractivity (Wildman–Crippen MR) is 105 cm³/mol. The highest BCUT2D eigenvalue weighted by Gasteiger charge is 2.32. The van der Waals surface area contributed by atoms with E-state index in [-0.39, 0.29) is 10.7 Å². The molecule has 144 valence electrons. The number of hydrogen-bond donors (Lipinski definition) is 0. The standard InChI is InChI=1S/C17H9Cl2F3N4S2/c18-12-4-2-1-3-11(12)15-23-10(7-27-15)8-28-16-25-24-14-13(19)5-9(6-26(14)16)17(20,21)22/h1-7H,8H2. The number of pyridine rings is 1. The summed E-state index contributed by atoms with van der Waals surface area (Å²) in [6.45, 7) is 0. The first-order valence-electron chi connectivity index (χ1n) is 7.76. The topological polar surface area (TPSA) is 43.1 Å². The van der Waals surface area contributed by atoms with Gasteiger partial charge in [0.05, 0.1) is 21.3 Å². The Kier molecular flexibility index (Phi) is 5.26. The second kappa shape index (κ2) is 7.55. The molecular formula is C17H9Cl2F3N4S2. The third kappa shape index (κ3) is 3.84. The summed E-state index contributed by atoms with van der Waals surface area (Å²) in [6.07, 6.45) is -3.57. The summed E-state index contributed by atoms with van der Waals surface area (Å²) in [4.78, 5) is 4.54. The molecule has 0 atom stereocenters. The molecule has 0 unspecified atom stereocenters. The first-order valence-corrected chi connectivity index (χ1v) is 10.4. The van der Waals surface area contributed by atoms with Gasteiger partial charge in [-0.25, -0.2) is 4.98 Å². The normalized spacial score (nSPS) is 12.0.